The molecule has 1 aliphatic carbocycles. The molecule has 1 nitrogen and oxygen atoms in total. The molecular weight excluding hydrogens is 300 g/mol. The molecule has 0 bridgehead atoms. The maximum atomic E-state index is 12.3. The number of benzene rings is 2. The highest BCUT2D eigenvalue weighted by Gasteiger charge is 2.19. The van der Waals surface area contributed by atoms with Crippen molar-refractivity contribution in [2.75, 3.05) is 0 Å². The van der Waals surface area contributed by atoms with Crippen LogP contribution in [-0.4, -0.2) is 5.78 Å². The molecule has 2 heteroatoms. The molecule has 0 heterocycles. The summed E-state index contributed by atoms with van der Waals surface area (Å²) in [5, 5.41) is 2.31. The summed E-state index contributed by atoms with van der Waals surface area (Å²) in [7, 11) is 0. The van der Waals surface area contributed by atoms with E-state index in [0.717, 1.165) is 21.8 Å². The lowest BCUT2D eigenvalue weighted by Gasteiger charge is -2.08. The lowest BCUT2D eigenvalue weighted by Crippen LogP contribution is -2.05. The Labute approximate surface area is 122 Å². The van der Waals surface area contributed by atoms with E-state index in [0.29, 0.717) is 11.7 Å². The molecule has 98 valence electrons. The van der Waals surface area contributed by atoms with E-state index in [9.17, 15) is 4.79 Å². The van der Waals surface area contributed by atoms with Gasteiger partial charge in [-0.15, -0.1) is 0 Å². The van der Waals surface area contributed by atoms with Crippen molar-refractivity contribution in [3.63, 3.8) is 0 Å². The van der Waals surface area contributed by atoms with Crippen LogP contribution in [0.4, 0.5) is 0 Å². The smallest absolute Gasteiger partial charge is 0.163 e. The van der Waals surface area contributed by atoms with Gasteiger partial charge < -0.3 is 0 Å². The minimum Gasteiger partial charge on any atom is -0.294 e. The number of carbonyl (C=O) groups is 1. The minimum absolute atomic E-state index is 0.303. The predicted molar refractivity (Wildman–Crippen MR) is 82.6 cm³/mol. The third-order valence-electron chi connectivity index (χ3n) is 4.07. The molecule has 1 aliphatic rings. The molecule has 0 amide bonds. The van der Waals surface area contributed by atoms with Crippen LogP contribution in [0.15, 0.2) is 40.9 Å². The van der Waals surface area contributed by atoms with E-state index in [4.69, 9.17) is 0 Å². The molecule has 0 unspecified atom stereocenters. The zero-order valence-electron chi connectivity index (χ0n) is 10.9. The zero-order valence-corrected chi connectivity index (χ0v) is 12.4. The Bertz CT molecular complexity index is 612. The Morgan fingerprint density at radius 2 is 1.74 bits per heavy atom. The van der Waals surface area contributed by atoms with Crippen molar-refractivity contribution in [3.8, 4) is 0 Å². The first-order chi connectivity index (χ1) is 9.22. The van der Waals surface area contributed by atoms with Crippen LogP contribution >= 0.6 is 15.9 Å². The molecule has 3 rings (SSSR count). The maximum Gasteiger partial charge on any atom is 0.163 e. The Morgan fingerprint density at radius 3 is 2.53 bits per heavy atom. The summed E-state index contributed by atoms with van der Waals surface area (Å²) in [4.78, 5) is 12.3. The van der Waals surface area contributed by atoms with E-state index in [2.05, 4.69) is 28.1 Å². The fourth-order valence-corrected chi connectivity index (χ4v) is 3.36. The standard InChI is InChI=1S/C17H17BrO/c18-16-8-7-13-10-15(6-5-14(13)11-16)17(19)9-12-3-1-2-4-12/h5-8,10-12H,1-4,9H2. The summed E-state index contributed by atoms with van der Waals surface area (Å²) in [5.74, 6) is 0.921. The summed E-state index contributed by atoms with van der Waals surface area (Å²) in [6, 6.07) is 12.2. The molecule has 0 aliphatic heterocycles. The van der Waals surface area contributed by atoms with Crippen LogP contribution in [0.3, 0.4) is 0 Å². The van der Waals surface area contributed by atoms with Gasteiger partial charge in [-0.3, -0.25) is 4.79 Å². The van der Waals surface area contributed by atoms with Crippen molar-refractivity contribution >= 4 is 32.5 Å². The molecule has 1 fully saturated rings. The van der Waals surface area contributed by atoms with E-state index < -0.39 is 0 Å². The number of hydrogen-bond donors (Lipinski definition) is 0. The van der Waals surface area contributed by atoms with Gasteiger partial charge in [0.1, 0.15) is 0 Å². The Balaban J connectivity index is 1.83. The molecule has 19 heavy (non-hydrogen) atoms. The number of rotatable bonds is 3. The average Bonchev–Trinajstić information content (AvgIpc) is 2.91. The van der Waals surface area contributed by atoms with Gasteiger partial charge in [0.05, 0.1) is 0 Å². The Hall–Kier alpha value is -1.15. The summed E-state index contributed by atoms with van der Waals surface area (Å²) in [6.45, 7) is 0. The second-order valence-corrected chi connectivity index (χ2v) is 6.40. The number of Topliss-reactive ketones (excluding diaryl/α,β-unsaturated/α-hetero) is 1. The highest BCUT2D eigenvalue weighted by Crippen LogP contribution is 2.29. The molecule has 0 saturated heterocycles. The van der Waals surface area contributed by atoms with E-state index in [1.807, 2.05) is 24.3 Å². The largest absolute Gasteiger partial charge is 0.294 e. The number of halogens is 1. The molecule has 0 N–H and O–H groups in total. The highest BCUT2D eigenvalue weighted by atomic mass is 79.9. The van der Waals surface area contributed by atoms with Gasteiger partial charge in [0.15, 0.2) is 5.78 Å². The molecule has 2 aromatic rings. The minimum atomic E-state index is 0.303. The maximum absolute atomic E-state index is 12.3. The molecule has 2 aromatic carbocycles. The Kier molecular flexibility index (Phi) is 3.69. The van der Waals surface area contributed by atoms with E-state index in [1.165, 1.54) is 31.1 Å². The van der Waals surface area contributed by atoms with Gasteiger partial charge in [0.2, 0.25) is 0 Å². The first-order valence-electron chi connectivity index (χ1n) is 6.95. The van der Waals surface area contributed by atoms with Gasteiger partial charge >= 0.3 is 0 Å². The van der Waals surface area contributed by atoms with E-state index >= 15 is 0 Å². The van der Waals surface area contributed by atoms with Crippen LogP contribution in [-0.2, 0) is 0 Å². The molecule has 0 spiro atoms. The van der Waals surface area contributed by atoms with E-state index in [-0.39, 0.29) is 0 Å². The summed E-state index contributed by atoms with van der Waals surface area (Å²) < 4.78 is 1.07. The SMILES string of the molecule is O=C(CC1CCCC1)c1ccc2cc(Br)ccc2c1. The lowest BCUT2D eigenvalue weighted by molar-refractivity contribution is 0.0962. The number of ketones is 1. The van der Waals surface area contributed by atoms with Crippen LogP contribution in [0, 0.1) is 5.92 Å². The van der Waals surface area contributed by atoms with Gasteiger partial charge in [0, 0.05) is 16.5 Å². The summed E-state index contributed by atoms with van der Waals surface area (Å²) in [5.41, 5.74) is 0.863. The van der Waals surface area contributed by atoms with Gasteiger partial charge in [0.25, 0.3) is 0 Å². The van der Waals surface area contributed by atoms with Gasteiger partial charge in [-0.2, -0.15) is 0 Å². The normalized spacial score (nSPS) is 16.1. The third kappa shape index (κ3) is 2.89. The van der Waals surface area contributed by atoms with Gasteiger partial charge in [-0.05, 0) is 34.9 Å². The zero-order chi connectivity index (χ0) is 13.2. The average molecular weight is 317 g/mol. The van der Waals surface area contributed by atoms with E-state index in [1.54, 1.807) is 0 Å². The van der Waals surface area contributed by atoms with Crippen LogP contribution < -0.4 is 0 Å². The topological polar surface area (TPSA) is 17.1 Å². The lowest BCUT2D eigenvalue weighted by atomic mass is 9.96. The van der Waals surface area contributed by atoms with Crippen molar-refractivity contribution in [3.05, 3.63) is 46.4 Å². The molecule has 1 saturated carbocycles. The Morgan fingerprint density at radius 1 is 1.05 bits per heavy atom. The van der Waals surface area contributed by atoms with Crippen molar-refractivity contribution < 1.29 is 4.79 Å². The fraction of sp³-hybridized carbons (Fsp3) is 0.353. The molecule has 0 radical (unpaired) electrons. The summed E-state index contributed by atoms with van der Waals surface area (Å²) >= 11 is 3.47. The van der Waals surface area contributed by atoms with Crippen molar-refractivity contribution in [1.82, 2.24) is 0 Å². The van der Waals surface area contributed by atoms with Gasteiger partial charge in [-0.25, -0.2) is 0 Å². The van der Waals surface area contributed by atoms with Crippen molar-refractivity contribution in [1.29, 1.82) is 0 Å². The quantitative estimate of drug-likeness (QED) is 0.696. The monoisotopic (exact) mass is 316 g/mol. The third-order valence-corrected chi connectivity index (χ3v) is 4.57. The second kappa shape index (κ2) is 5.46. The second-order valence-electron chi connectivity index (χ2n) is 5.48. The number of hydrogen-bond acceptors (Lipinski definition) is 1. The molecule has 0 aromatic heterocycles. The number of fused-ring (bicyclic) bond motifs is 1. The highest BCUT2D eigenvalue weighted by molar-refractivity contribution is 9.10. The van der Waals surface area contributed by atoms with Crippen LogP contribution in [0.25, 0.3) is 10.8 Å². The van der Waals surface area contributed by atoms with Gasteiger partial charge in [-0.1, -0.05) is 59.8 Å². The van der Waals surface area contributed by atoms with Crippen LogP contribution in [0.2, 0.25) is 0 Å². The molecule has 0 atom stereocenters. The molecular formula is C17H17BrO. The van der Waals surface area contributed by atoms with Crippen LogP contribution in [0.5, 0.6) is 0 Å². The first-order valence-corrected chi connectivity index (χ1v) is 7.74. The number of carbonyl (C=O) groups excluding carboxylic acids is 1. The van der Waals surface area contributed by atoms with Crippen molar-refractivity contribution in [2.24, 2.45) is 5.92 Å². The summed E-state index contributed by atoms with van der Waals surface area (Å²) in [6.07, 6.45) is 5.77. The van der Waals surface area contributed by atoms with Crippen molar-refractivity contribution in [2.45, 2.75) is 32.1 Å². The van der Waals surface area contributed by atoms with Crippen LogP contribution in [0.1, 0.15) is 42.5 Å². The first kappa shape index (κ1) is 12.9. The predicted octanol–water partition coefficient (Wildman–Crippen LogP) is 5.37. The fourth-order valence-electron chi connectivity index (χ4n) is 2.98.